The number of carbonyl (C=O) groups excluding carboxylic acids is 1. The molecule has 2 heterocycles. The molecule has 3 rings (SSSR count). The number of aromatic nitrogens is 3. The maximum Gasteiger partial charge on any atom is 0.252 e. The summed E-state index contributed by atoms with van der Waals surface area (Å²) in [5.41, 5.74) is 1.12. The van der Waals surface area contributed by atoms with Gasteiger partial charge in [-0.1, -0.05) is 0 Å². The zero-order valence-electron chi connectivity index (χ0n) is 15.4. The first-order valence-corrected chi connectivity index (χ1v) is 10.7. The number of likely N-dealkylation sites (N-methyl/N-ethyl adjacent to an activating group) is 1. The molecule has 0 unspecified atom stereocenters. The largest absolute Gasteiger partial charge is 0.325 e. The van der Waals surface area contributed by atoms with Crippen molar-refractivity contribution in [3.63, 3.8) is 0 Å². The Bertz CT molecular complexity index is 1230. The fourth-order valence-electron chi connectivity index (χ4n) is 2.67. The lowest BCUT2D eigenvalue weighted by atomic mass is 10.2. The predicted molar refractivity (Wildman–Crippen MR) is 114 cm³/mol. The van der Waals surface area contributed by atoms with Gasteiger partial charge in [-0.15, -0.1) is 0 Å². The van der Waals surface area contributed by atoms with E-state index in [4.69, 9.17) is 0 Å². The predicted octanol–water partition coefficient (Wildman–Crippen LogP) is 1.43. The molecule has 2 aromatic heterocycles. The van der Waals surface area contributed by atoms with E-state index in [-0.39, 0.29) is 10.5 Å². The monoisotopic (exact) mass is 515 g/mol. The molecule has 3 aromatic rings. The van der Waals surface area contributed by atoms with Crippen LogP contribution in [0.5, 0.6) is 0 Å². The topological polar surface area (TPSA) is 117 Å². The van der Waals surface area contributed by atoms with Crippen LogP contribution in [0, 0.1) is 10.6 Å². The van der Waals surface area contributed by atoms with Gasteiger partial charge in [0.05, 0.1) is 6.54 Å². The molecule has 9 nitrogen and oxygen atoms in total. The zero-order valence-corrected chi connectivity index (χ0v) is 18.3. The molecule has 0 bridgehead atoms. The van der Waals surface area contributed by atoms with Crippen LogP contribution in [0.25, 0.3) is 10.9 Å². The summed E-state index contributed by atoms with van der Waals surface area (Å²) in [7, 11) is -1.04. The summed E-state index contributed by atoms with van der Waals surface area (Å²) in [5.74, 6) is -0.556. The smallest absolute Gasteiger partial charge is 0.252 e. The molecule has 0 saturated heterocycles. The van der Waals surface area contributed by atoms with Gasteiger partial charge in [0.2, 0.25) is 15.9 Å². The molecule has 0 aliphatic heterocycles. The van der Waals surface area contributed by atoms with Gasteiger partial charge >= 0.3 is 0 Å². The Kier molecular flexibility index (Phi) is 5.59. The summed E-state index contributed by atoms with van der Waals surface area (Å²) in [6.45, 7) is 1.39. The first-order chi connectivity index (χ1) is 13.1. The highest BCUT2D eigenvalue weighted by Crippen LogP contribution is 2.28. The summed E-state index contributed by atoms with van der Waals surface area (Å²) >= 11 is 2.05. The van der Waals surface area contributed by atoms with E-state index in [0.717, 1.165) is 13.6 Å². The Balaban J connectivity index is 1.85. The highest BCUT2D eigenvalue weighted by atomic mass is 127. The van der Waals surface area contributed by atoms with E-state index in [1.807, 2.05) is 6.07 Å². The fraction of sp³-hybridized carbons (Fsp3) is 0.235. The molecular weight excluding hydrogens is 497 g/mol. The number of aryl methyl sites for hydroxylation is 2. The van der Waals surface area contributed by atoms with E-state index in [0.29, 0.717) is 16.6 Å². The molecule has 2 N–H and O–H groups in total. The standard InChI is InChI=1S/C17H18IN5O4S/c1-10-6-12-16(20-21-17(12)18)13(7-10)28(26,27)23(3)9-14(24)19-11-4-5-22(2)15(25)8-11/h4-8H,9H2,1-3H3,(H,19,24)(H,20,21). The maximum absolute atomic E-state index is 13.0. The Morgan fingerprint density at radius 1 is 1.36 bits per heavy atom. The summed E-state index contributed by atoms with van der Waals surface area (Å²) in [5, 5.41) is 10.1. The van der Waals surface area contributed by atoms with Gasteiger partial charge in [0.15, 0.2) is 0 Å². The van der Waals surface area contributed by atoms with Crippen LogP contribution in [-0.2, 0) is 21.9 Å². The second kappa shape index (κ2) is 7.64. The SMILES string of the molecule is Cc1cc(S(=O)(=O)N(C)CC(=O)Nc2ccn(C)c(=O)c2)c2n[nH]c(I)c2c1. The van der Waals surface area contributed by atoms with Gasteiger partial charge in [-0.05, 0) is 53.3 Å². The van der Waals surface area contributed by atoms with Crippen LogP contribution < -0.4 is 10.9 Å². The van der Waals surface area contributed by atoms with Crippen LogP contribution in [0.2, 0.25) is 0 Å². The lowest BCUT2D eigenvalue weighted by Crippen LogP contribution is -2.35. The third kappa shape index (κ3) is 3.95. The fourth-order valence-corrected chi connectivity index (χ4v) is 4.56. The van der Waals surface area contributed by atoms with Gasteiger partial charge in [0.1, 0.15) is 14.1 Å². The number of nitrogens with zero attached hydrogens (tertiary/aromatic N) is 3. The van der Waals surface area contributed by atoms with Crippen molar-refractivity contribution in [3.8, 4) is 0 Å². The Morgan fingerprint density at radius 2 is 2.07 bits per heavy atom. The highest BCUT2D eigenvalue weighted by Gasteiger charge is 2.27. The molecule has 0 aliphatic carbocycles. The van der Waals surface area contributed by atoms with E-state index in [1.165, 1.54) is 29.9 Å². The molecule has 148 valence electrons. The Labute approximate surface area is 174 Å². The van der Waals surface area contributed by atoms with Crippen molar-refractivity contribution in [3.05, 3.63) is 50.1 Å². The molecule has 1 amide bonds. The molecular formula is C17H18IN5O4S. The van der Waals surface area contributed by atoms with Gasteiger partial charge in [-0.2, -0.15) is 9.40 Å². The van der Waals surface area contributed by atoms with Gasteiger partial charge in [0.25, 0.3) is 5.56 Å². The average Bonchev–Trinajstić information content (AvgIpc) is 2.98. The number of nitrogens with one attached hydrogen (secondary N) is 2. The van der Waals surface area contributed by atoms with Crippen molar-refractivity contribution in [2.45, 2.75) is 11.8 Å². The number of benzene rings is 1. The van der Waals surface area contributed by atoms with Crippen LogP contribution in [-0.4, -0.2) is 47.0 Å². The number of anilines is 1. The minimum atomic E-state index is -3.96. The first kappa shape index (κ1) is 20.5. The van der Waals surface area contributed by atoms with Crippen molar-refractivity contribution in [2.75, 3.05) is 18.9 Å². The van der Waals surface area contributed by atoms with Crippen LogP contribution in [0.3, 0.4) is 0 Å². The van der Waals surface area contributed by atoms with Crippen molar-refractivity contribution < 1.29 is 13.2 Å². The summed E-state index contributed by atoms with van der Waals surface area (Å²) in [4.78, 5) is 24.0. The number of H-pyrrole nitrogens is 1. The quantitative estimate of drug-likeness (QED) is 0.499. The number of amides is 1. The van der Waals surface area contributed by atoms with E-state index in [2.05, 4.69) is 38.1 Å². The first-order valence-electron chi connectivity index (χ1n) is 8.16. The van der Waals surface area contributed by atoms with Gasteiger partial charge < -0.3 is 9.88 Å². The number of fused-ring (bicyclic) bond motifs is 1. The average molecular weight is 515 g/mol. The minimum Gasteiger partial charge on any atom is -0.325 e. The van der Waals surface area contributed by atoms with E-state index < -0.39 is 22.5 Å². The van der Waals surface area contributed by atoms with Gasteiger partial charge in [-0.25, -0.2) is 8.42 Å². The van der Waals surface area contributed by atoms with Crippen LogP contribution >= 0.6 is 22.6 Å². The van der Waals surface area contributed by atoms with Crippen LogP contribution in [0.1, 0.15) is 5.56 Å². The summed E-state index contributed by atoms with van der Waals surface area (Å²) in [6, 6.07) is 6.21. The van der Waals surface area contributed by atoms with Crippen molar-refractivity contribution in [1.82, 2.24) is 19.1 Å². The number of hydrogen-bond donors (Lipinski definition) is 2. The van der Waals surface area contributed by atoms with Crippen molar-refractivity contribution >= 4 is 55.1 Å². The van der Waals surface area contributed by atoms with Crippen molar-refractivity contribution in [2.24, 2.45) is 7.05 Å². The van der Waals surface area contributed by atoms with Gasteiger partial charge in [0, 0.05) is 37.4 Å². The number of sulfonamides is 1. The maximum atomic E-state index is 13.0. The Hall–Kier alpha value is -2.25. The second-order valence-electron chi connectivity index (χ2n) is 6.37. The van der Waals surface area contributed by atoms with E-state index in [9.17, 15) is 18.0 Å². The minimum absolute atomic E-state index is 0.0329. The molecule has 11 heteroatoms. The third-order valence-corrected chi connectivity index (χ3v) is 6.80. The number of halogens is 1. The number of pyridine rings is 1. The molecule has 28 heavy (non-hydrogen) atoms. The third-order valence-electron chi connectivity index (χ3n) is 4.16. The number of hydrogen-bond acceptors (Lipinski definition) is 5. The highest BCUT2D eigenvalue weighted by molar-refractivity contribution is 14.1. The van der Waals surface area contributed by atoms with Crippen LogP contribution in [0.15, 0.2) is 40.2 Å². The lowest BCUT2D eigenvalue weighted by Gasteiger charge is -2.17. The van der Waals surface area contributed by atoms with Crippen LogP contribution in [0.4, 0.5) is 5.69 Å². The molecule has 0 radical (unpaired) electrons. The van der Waals surface area contributed by atoms with E-state index >= 15 is 0 Å². The molecule has 0 fully saturated rings. The molecule has 0 atom stereocenters. The normalized spacial score (nSPS) is 11.9. The van der Waals surface area contributed by atoms with Crippen molar-refractivity contribution in [1.29, 1.82) is 0 Å². The van der Waals surface area contributed by atoms with E-state index in [1.54, 1.807) is 20.0 Å². The number of carbonyl (C=O) groups is 1. The number of rotatable bonds is 5. The molecule has 0 saturated carbocycles. The van der Waals surface area contributed by atoms with Gasteiger partial charge in [-0.3, -0.25) is 14.7 Å². The zero-order chi connectivity index (χ0) is 20.6. The second-order valence-corrected chi connectivity index (χ2v) is 9.46. The number of aromatic amines is 1. The summed E-state index contributed by atoms with van der Waals surface area (Å²) in [6.07, 6.45) is 1.51. The molecule has 1 aromatic carbocycles. The lowest BCUT2D eigenvalue weighted by molar-refractivity contribution is -0.116. The Morgan fingerprint density at radius 3 is 2.75 bits per heavy atom. The molecule has 0 aliphatic rings. The summed E-state index contributed by atoms with van der Waals surface area (Å²) < 4.78 is 29.1. The molecule has 0 spiro atoms.